The van der Waals surface area contributed by atoms with E-state index < -0.39 is 5.97 Å². The van der Waals surface area contributed by atoms with E-state index in [2.05, 4.69) is 20.9 Å². The summed E-state index contributed by atoms with van der Waals surface area (Å²) >= 11 is 3.22. The summed E-state index contributed by atoms with van der Waals surface area (Å²) in [6.07, 6.45) is 3.20. The zero-order valence-corrected chi connectivity index (χ0v) is 9.74. The first-order valence-electron chi connectivity index (χ1n) is 4.64. The molecule has 0 saturated heterocycles. The van der Waals surface area contributed by atoms with Gasteiger partial charge in [0, 0.05) is 6.42 Å². The van der Waals surface area contributed by atoms with Crippen molar-refractivity contribution < 1.29 is 14.6 Å². The Hall–Kier alpha value is -1.10. The van der Waals surface area contributed by atoms with Gasteiger partial charge in [0.15, 0.2) is 0 Å². The third-order valence-electron chi connectivity index (χ3n) is 1.75. The van der Waals surface area contributed by atoms with Crippen LogP contribution in [0.4, 0.5) is 0 Å². The number of rotatable bonds is 6. The van der Waals surface area contributed by atoms with Crippen molar-refractivity contribution in [2.45, 2.75) is 19.3 Å². The summed E-state index contributed by atoms with van der Waals surface area (Å²) in [5.74, 6) is -0.0613. The zero-order chi connectivity index (χ0) is 11.1. The van der Waals surface area contributed by atoms with Crippen LogP contribution in [-0.4, -0.2) is 22.7 Å². The molecule has 0 atom stereocenters. The summed E-state index contributed by atoms with van der Waals surface area (Å²) < 4.78 is 6.13. The van der Waals surface area contributed by atoms with Crippen LogP contribution in [0.2, 0.25) is 0 Å². The van der Waals surface area contributed by atoms with Crippen LogP contribution in [-0.2, 0) is 4.79 Å². The Labute approximate surface area is 96.4 Å². The Balaban J connectivity index is 2.15. The van der Waals surface area contributed by atoms with Crippen LogP contribution >= 0.6 is 15.9 Å². The van der Waals surface area contributed by atoms with Crippen LogP contribution in [0.25, 0.3) is 0 Å². The monoisotopic (exact) mass is 273 g/mol. The first kappa shape index (κ1) is 12.0. The Kier molecular flexibility index (Phi) is 5.10. The fraction of sp³-hybridized carbons (Fsp3) is 0.400. The minimum absolute atomic E-state index is 0.196. The molecule has 82 valence electrons. The van der Waals surface area contributed by atoms with Gasteiger partial charge in [0.2, 0.25) is 0 Å². The lowest BCUT2D eigenvalue weighted by molar-refractivity contribution is -0.137. The van der Waals surface area contributed by atoms with E-state index >= 15 is 0 Å². The summed E-state index contributed by atoms with van der Waals surface area (Å²) in [6.45, 7) is 0.524. The van der Waals surface area contributed by atoms with Gasteiger partial charge < -0.3 is 9.84 Å². The number of ether oxygens (including phenoxy) is 1. The third-order valence-corrected chi connectivity index (χ3v) is 2.22. The molecule has 1 aromatic rings. The summed E-state index contributed by atoms with van der Waals surface area (Å²) in [7, 11) is 0. The molecular weight excluding hydrogens is 262 g/mol. The number of pyridine rings is 1. The van der Waals surface area contributed by atoms with Gasteiger partial charge in [-0.2, -0.15) is 0 Å². The predicted molar refractivity (Wildman–Crippen MR) is 58.9 cm³/mol. The highest BCUT2D eigenvalue weighted by Gasteiger charge is 1.97. The normalized spacial score (nSPS) is 9.93. The predicted octanol–water partition coefficient (Wildman–Crippen LogP) is 2.48. The number of carbonyl (C=O) groups is 1. The molecule has 0 amide bonds. The lowest BCUT2D eigenvalue weighted by atomic mass is 10.2. The smallest absolute Gasteiger partial charge is 0.303 e. The zero-order valence-electron chi connectivity index (χ0n) is 8.15. The number of unbranched alkanes of at least 4 members (excludes halogenated alkanes) is 1. The van der Waals surface area contributed by atoms with Crippen molar-refractivity contribution in [2.75, 3.05) is 6.61 Å². The topological polar surface area (TPSA) is 59.4 Å². The highest BCUT2D eigenvalue weighted by molar-refractivity contribution is 9.10. The fourth-order valence-electron chi connectivity index (χ4n) is 1.02. The SMILES string of the molecule is O=C(O)CCCCOc1ccc(Br)nc1. The number of aromatic nitrogens is 1. The van der Waals surface area contributed by atoms with E-state index in [0.717, 1.165) is 11.0 Å². The van der Waals surface area contributed by atoms with Crippen molar-refractivity contribution >= 4 is 21.9 Å². The molecule has 0 spiro atoms. The van der Waals surface area contributed by atoms with E-state index in [1.807, 2.05) is 6.07 Å². The molecule has 1 rings (SSSR count). The number of halogens is 1. The van der Waals surface area contributed by atoms with E-state index in [-0.39, 0.29) is 6.42 Å². The van der Waals surface area contributed by atoms with Crippen molar-refractivity contribution in [3.8, 4) is 5.75 Å². The quantitative estimate of drug-likeness (QED) is 0.639. The number of hydrogen-bond acceptors (Lipinski definition) is 3. The van der Waals surface area contributed by atoms with E-state index in [4.69, 9.17) is 9.84 Å². The molecule has 4 nitrogen and oxygen atoms in total. The van der Waals surface area contributed by atoms with Gasteiger partial charge in [0.05, 0.1) is 12.8 Å². The number of aliphatic carboxylic acids is 1. The second-order valence-electron chi connectivity index (χ2n) is 3.02. The van der Waals surface area contributed by atoms with Gasteiger partial charge >= 0.3 is 5.97 Å². The minimum atomic E-state index is -0.764. The van der Waals surface area contributed by atoms with E-state index in [1.165, 1.54) is 0 Å². The van der Waals surface area contributed by atoms with Crippen molar-refractivity contribution in [3.63, 3.8) is 0 Å². The third kappa shape index (κ3) is 5.37. The Morgan fingerprint density at radius 1 is 1.47 bits per heavy atom. The summed E-state index contributed by atoms with van der Waals surface area (Å²) in [6, 6.07) is 3.61. The largest absolute Gasteiger partial charge is 0.492 e. The molecule has 1 heterocycles. The maximum Gasteiger partial charge on any atom is 0.303 e. The number of carboxylic acids is 1. The van der Waals surface area contributed by atoms with Crippen molar-refractivity contribution in [1.29, 1.82) is 0 Å². The summed E-state index contributed by atoms with van der Waals surface area (Å²) in [5, 5.41) is 8.40. The van der Waals surface area contributed by atoms with E-state index in [1.54, 1.807) is 12.3 Å². The molecule has 0 aromatic carbocycles. The van der Waals surface area contributed by atoms with Crippen molar-refractivity contribution in [2.24, 2.45) is 0 Å². The average molecular weight is 274 g/mol. The van der Waals surface area contributed by atoms with Crippen LogP contribution in [0, 0.1) is 0 Å². The molecule has 0 aliphatic heterocycles. The highest BCUT2D eigenvalue weighted by Crippen LogP contribution is 2.13. The van der Waals surface area contributed by atoms with Crippen LogP contribution in [0.3, 0.4) is 0 Å². The van der Waals surface area contributed by atoms with Crippen LogP contribution in [0.5, 0.6) is 5.75 Å². The molecule has 0 radical (unpaired) electrons. The maximum absolute atomic E-state index is 10.2. The van der Waals surface area contributed by atoms with Crippen LogP contribution < -0.4 is 4.74 Å². The molecule has 0 aliphatic carbocycles. The summed E-state index contributed by atoms with van der Waals surface area (Å²) in [5.41, 5.74) is 0. The summed E-state index contributed by atoms with van der Waals surface area (Å²) in [4.78, 5) is 14.2. The van der Waals surface area contributed by atoms with Gasteiger partial charge in [-0.3, -0.25) is 4.79 Å². The number of carboxylic acid groups (broad SMARTS) is 1. The molecule has 15 heavy (non-hydrogen) atoms. The lowest BCUT2D eigenvalue weighted by Gasteiger charge is -2.04. The molecule has 5 heteroatoms. The van der Waals surface area contributed by atoms with Crippen LogP contribution in [0.15, 0.2) is 22.9 Å². The molecule has 0 fully saturated rings. The molecule has 0 unspecified atom stereocenters. The molecular formula is C10H12BrNO3. The van der Waals surface area contributed by atoms with E-state index in [9.17, 15) is 4.79 Å². The van der Waals surface area contributed by atoms with Gasteiger partial charge in [-0.15, -0.1) is 0 Å². The standard InChI is InChI=1S/C10H12BrNO3/c11-9-5-4-8(7-12-9)15-6-2-1-3-10(13)14/h4-5,7H,1-3,6H2,(H,13,14). The Bertz CT molecular complexity index is 313. The lowest BCUT2D eigenvalue weighted by Crippen LogP contribution is -2.00. The highest BCUT2D eigenvalue weighted by atomic mass is 79.9. The average Bonchev–Trinajstić information content (AvgIpc) is 2.20. The second kappa shape index (κ2) is 6.40. The van der Waals surface area contributed by atoms with Gasteiger partial charge in [-0.05, 0) is 40.9 Å². The van der Waals surface area contributed by atoms with Crippen LogP contribution in [0.1, 0.15) is 19.3 Å². The molecule has 0 saturated carbocycles. The van der Waals surface area contributed by atoms with Crippen molar-refractivity contribution in [1.82, 2.24) is 4.98 Å². The Morgan fingerprint density at radius 2 is 2.27 bits per heavy atom. The number of nitrogens with zero attached hydrogens (tertiary/aromatic N) is 1. The molecule has 0 aliphatic rings. The van der Waals surface area contributed by atoms with Gasteiger partial charge in [-0.1, -0.05) is 0 Å². The molecule has 1 N–H and O–H groups in total. The van der Waals surface area contributed by atoms with Gasteiger partial charge in [0.25, 0.3) is 0 Å². The second-order valence-corrected chi connectivity index (χ2v) is 3.83. The van der Waals surface area contributed by atoms with Crippen molar-refractivity contribution in [3.05, 3.63) is 22.9 Å². The van der Waals surface area contributed by atoms with Gasteiger partial charge in [0.1, 0.15) is 10.4 Å². The van der Waals surface area contributed by atoms with Gasteiger partial charge in [-0.25, -0.2) is 4.98 Å². The van der Waals surface area contributed by atoms with E-state index in [0.29, 0.717) is 18.8 Å². The maximum atomic E-state index is 10.2. The molecule has 0 bridgehead atoms. The first-order chi connectivity index (χ1) is 7.18. The fourth-order valence-corrected chi connectivity index (χ4v) is 1.25. The minimum Gasteiger partial charge on any atom is -0.492 e. The first-order valence-corrected chi connectivity index (χ1v) is 5.44. The molecule has 1 aromatic heterocycles. The Morgan fingerprint density at radius 3 is 2.87 bits per heavy atom. The number of hydrogen-bond donors (Lipinski definition) is 1.